The van der Waals surface area contributed by atoms with E-state index in [1.54, 1.807) is 18.4 Å². The summed E-state index contributed by atoms with van der Waals surface area (Å²) in [5, 5.41) is 10.8. The molecule has 110 valence electrons. The van der Waals surface area contributed by atoms with Gasteiger partial charge in [-0.2, -0.15) is 5.26 Å². The van der Waals surface area contributed by atoms with Gasteiger partial charge >= 0.3 is 5.97 Å². The Bertz CT molecular complexity index is 404. The fourth-order valence-corrected chi connectivity index (χ4v) is 1.64. The standard InChI is InChI=1S/C13H18N2O4S/c1-3-4-5-11(16)15-10(6-7-12(17)20-2)13(18)19-9-8-14/h3,10H,1,4-7,9H2,2H3,(H,15,16). The normalized spacial score (nSPS) is 11.0. The van der Waals surface area contributed by atoms with Crippen molar-refractivity contribution >= 4 is 28.8 Å². The number of carbonyl (C=O) groups is 3. The van der Waals surface area contributed by atoms with Crippen LogP contribution in [0.15, 0.2) is 12.7 Å². The Morgan fingerprint density at radius 3 is 2.70 bits per heavy atom. The molecule has 0 aromatic rings. The van der Waals surface area contributed by atoms with E-state index in [-0.39, 0.29) is 36.9 Å². The molecule has 0 spiro atoms. The number of esters is 1. The van der Waals surface area contributed by atoms with Gasteiger partial charge in [-0.25, -0.2) is 4.79 Å². The predicted octanol–water partition coefficient (Wildman–Crippen LogP) is 1.17. The van der Waals surface area contributed by atoms with Crippen LogP contribution in [0.25, 0.3) is 0 Å². The van der Waals surface area contributed by atoms with Gasteiger partial charge in [0.05, 0.1) is 0 Å². The Kier molecular flexibility index (Phi) is 10.1. The first-order chi connectivity index (χ1) is 9.54. The van der Waals surface area contributed by atoms with Gasteiger partial charge in [-0.05, 0) is 19.1 Å². The summed E-state index contributed by atoms with van der Waals surface area (Å²) in [6, 6.07) is 0.771. The molecule has 1 atom stereocenters. The average Bonchev–Trinajstić information content (AvgIpc) is 2.46. The Morgan fingerprint density at radius 1 is 1.45 bits per heavy atom. The molecule has 0 aliphatic heterocycles. The van der Waals surface area contributed by atoms with E-state index in [0.717, 1.165) is 11.8 Å². The molecule has 0 rings (SSSR count). The molecule has 0 saturated carbocycles. The van der Waals surface area contributed by atoms with Crippen molar-refractivity contribution in [2.75, 3.05) is 12.9 Å². The van der Waals surface area contributed by atoms with Crippen LogP contribution in [0.1, 0.15) is 25.7 Å². The number of carbonyl (C=O) groups excluding carboxylic acids is 3. The lowest BCUT2D eigenvalue weighted by molar-refractivity contribution is -0.146. The molecular formula is C13H18N2O4S. The lowest BCUT2D eigenvalue weighted by Crippen LogP contribution is -2.42. The number of hydrogen-bond donors (Lipinski definition) is 1. The fraction of sp³-hybridized carbons (Fsp3) is 0.538. The number of ether oxygens (including phenoxy) is 1. The zero-order valence-corrected chi connectivity index (χ0v) is 12.2. The third-order valence-corrected chi connectivity index (χ3v) is 3.00. The second-order valence-electron chi connectivity index (χ2n) is 3.83. The SMILES string of the molecule is C=CCCC(=O)NC(CCC(=O)SC)C(=O)OCC#N. The Labute approximate surface area is 122 Å². The van der Waals surface area contributed by atoms with Crippen LogP contribution in [-0.4, -0.2) is 35.9 Å². The minimum absolute atomic E-state index is 0.0802. The van der Waals surface area contributed by atoms with Crippen molar-refractivity contribution < 1.29 is 19.1 Å². The van der Waals surface area contributed by atoms with E-state index in [0.29, 0.717) is 6.42 Å². The van der Waals surface area contributed by atoms with Crippen LogP contribution in [0, 0.1) is 11.3 Å². The van der Waals surface area contributed by atoms with Crippen LogP contribution in [0.4, 0.5) is 0 Å². The number of hydrogen-bond acceptors (Lipinski definition) is 6. The van der Waals surface area contributed by atoms with Crippen molar-refractivity contribution in [3.63, 3.8) is 0 Å². The number of thioether (sulfide) groups is 1. The van der Waals surface area contributed by atoms with Gasteiger partial charge in [0.25, 0.3) is 0 Å². The van der Waals surface area contributed by atoms with Crippen LogP contribution in [0.3, 0.4) is 0 Å². The van der Waals surface area contributed by atoms with Crippen LogP contribution >= 0.6 is 11.8 Å². The molecule has 0 radical (unpaired) electrons. The maximum atomic E-state index is 11.7. The lowest BCUT2D eigenvalue weighted by Gasteiger charge is -2.16. The van der Waals surface area contributed by atoms with Gasteiger partial charge < -0.3 is 10.1 Å². The molecule has 0 aliphatic rings. The maximum absolute atomic E-state index is 11.7. The number of allylic oxidation sites excluding steroid dienone is 1. The van der Waals surface area contributed by atoms with Crippen LogP contribution < -0.4 is 5.32 Å². The summed E-state index contributed by atoms with van der Waals surface area (Å²) in [7, 11) is 0. The first-order valence-corrected chi connectivity index (χ1v) is 7.28. The molecular weight excluding hydrogens is 280 g/mol. The molecule has 0 fully saturated rings. The Morgan fingerprint density at radius 2 is 2.15 bits per heavy atom. The second kappa shape index (κ2) is 11.1. The summed E-state index contributed by atoms with van der Waals surface area (Å²) in [5.74, 6) is -1.02. The topological polar surface area (TPSA) is 96.3 Å². The van der Waals surface area contributed by atoms with Gasteiger partial charge in [0.1, 0.15) is 12.1 Å². The molecule has 0 saturated heterocycles. The number of amides is 1. The third kappa shape index (κ3) is 8.32. The van der Waals surface area contributed by atoms with Crippen molar-refractivity contribution in [1.29, 1.82) is 5.26 Å². The van der Waals surface area contributed by atoms with E-state index in [4.69, 9.17) is 5.26 Å². The molecule has 6 nitrogen and oxygen atoms in total. The number of nitrogens with zero attached hydrogens (tertiary/aromatic N) is 1. The minimum atomic E-state index is -0.906. The van der Waals surface area contributed by atoms with E-state index >= 15 is 0 Å². The second-order valence-corrected chi connectivity index (χ2v) is 4.69. The maximum Gasteiger partial charge on any atom is 0.329 e. The summed E-state index contributed by atoms with van der Waals surface area (Å²) >= 11 is 1.06. The van der Waals surface area contributed by atoms with E-state index in [1.807, 2.05) is 0 Å². The summed E-state index contributed by atoms with van der Waals surface area (Å²) in [6.07, 6.45) is 4.25. The highest BCUT2D eigenvalue weighted by Crippen LogP contribution is 2.07. The molecule has 1 N–H and O–H groups in total. The smallest absolute Gasteiger partial charge is 0.329 e. The van der Waals surface area contributed by atoms with Crippen LogP contribution in [0.2, 0.25) is 0 Å². The first kappa shape index (κ1) is 18.2. The predicted molar refractivity (Wildman–Crippen MR) is 75.7 cm³/mol. The van der Waals surface area contributed by atoms with Crippen LogP contribution in [-0.2, 0) is 19.1 Å². The molecule has 0 aromatic carbocycles. The molecule has 1 amide bonds. The molecule has 0 aromatic heterocycles. The minimum Gasteiger partial charge on any atom is -0.449 e. The third-order valence-electron chi connectivity index (χ3n) is 2.34. The largest absolute Gasteiger partial charge is 0.449 e. The summed E-state index contributed by atoms with van der Waals surface area (Å²) in [5.41, 5.74) is 0. The monoisotopic (exact) mass is 298 g/mol. The summed E-state index contributed by atoms with van der Waals surface area (Å²) in [6.45, 7) is 3.12. The van der Waals surface area contributed by atoms with E-state index < -0.39 is 12.0 Å². The molecule has 7 heteroatoms. The van der Waals surface area contributed by atoms with E-state index in [1.165, 1.54) is 0 Å². The number of rotatable bonds is 9. The van der Waals surface area contributed by atoms with Gasteiger partial charge in [-0.3, -0.25) is 9.59 Å². The highest BCUT2D eigenvalue weighted by Gasteiger charge is 2.22. The quantitative estimate of drug-likeness (QED) is 0.507. The molecule has 1 unspecified atom stereocenters. The van der Waals surface area contributed by atoms with Crippen molar-refractivity contribution in [2.45, 2.75) is 31.7 Å². The van der Waals surface area contributed by atoms with Crippen molar-refractivity contribution in [3.05, 3.63) is 12.7 Å². The van der Waals surface area contributed by atoms with Crippen molar-refractivity contribution in [3.8, 4) is 6.07 Å². The molecule has 0 heterocycles. The zero-order valence-electron chi connectivity index (χ0n) is 11.4. The molecule has 0 aliphatic carbocycles. The van der Waals surface area contributed by atoms with Gasteiger partial charge in [-0.1, -0.05) is 17.8 Å². The Hall–Kier alpha value is -1.81. The fourth-order valence-electron chi connectivity index (χ4n) is 1.32. The summed E-state index contributed by atoms with van der Waals surface area (Å²) in [4.78, 5) is 34.5. The van der Waals surface area contributed by atoms with Gasteiger partial charge in [0.15, 0.2) is 11.7 Å². The van der Waals surface area contributed by atoms with Crippen molar-refractivity contribution in [2.24, 2.45) is 0 Å². The van der Waals surface area contributed by atoms with E-state index in [9.17, 15) is 14.4 Å². The zero-order chi connectivity index (χ0) is 15.4. The Balaban J connectivity index is 4.48. The lowest BCUT2D eigenvalue weighted by atomic mass is 10.1. The average molecular weight is 298 g/mol. The molecule has 0 bridgehead atoms. The van der Waals surface area contributed by atoms with E-state index in [2.05, 4.69) is 16.6 Å². The van der Waals surface area contributed by atoms with Crippen LogP contribution in [0.5, 0.6) is 0 Å². The van der Waals surface area contributed by atoms with Gasteiger partial charge in [-0.15, -0.1) is 6.58 Å². The molecule has 20 heavy (non-hydrogen) atoms. The van der Waals surface area contributed by atoms with Gasteiger partial charge in [0, 0.05) is 12.8 Å². The van der Waals surface area contributed by atoms with Gasteiger partial charge in [0.2, 0.25) is 5.91 Å². The highest BCUT2D eigenvalue weighted by molar-refractivity contribution is 8.13. The number of nitrogens with one attached hydrogen (secondary N) is 1. The summed E-state index contributed by atoms with van der Waals surface area (Å²) < 4.78 is 4.67. The first-order valence-electron chi connectivity index (χ1n) is 6.05. The van der Waals surface area contributed by atoms with Crippen molar-refractivity contribution in [1.82, 2.24) is 5.32 Å². The highest BCUT2D eigenvalue weighted by atomic mass is 32.2. The number of nitriles is 1.